The van der Waals surface area contributed by atoms with Gasteiger partial charge in [-0.25, -0.2) is 8.78 Å². The summed E-state index contributed by atoms with van der Waals surface area (Å²) in [7, 11) is 0. The van der Waals surface area contributed by atoms with E-state index in [-0.39, 0.29) is 17.4 Å². The van der Waals surface area contributed by atoms with Gasteiger partial charge in [-0.2, -0.15) is 5.10 Å². The van der Waals surface area contributed by atoms with E-state index >= 15 is 0 Å². The second kappa shape index (κ2) is 7.57. The Morgan fingerprint density at radius 2 is 1.91 bits per heavy atom. The lowest BCUT2D eigenvalue weighted by molar-refractivity contribution is 0.00186. The van der Waals surface area contributed by atoms with Gasteiger partial charge in [0, 0.05) is 12.8 Å². The van der Waals surface area contributed by atoms with Crippen LogP contribution in [0.2, 0.25) is 0 Å². The third-order valence-electron chi connectivity index (χ3n) is 5.04. The van der Waals surface area contributed by atoms with E-state index in [4.69, 9.17) is 10.5 Å². The molecular formula is C16H26F2N4O. The minimum absolute atomic E-state index is 0.0939. The molecule has 1 saturated heterocycles. The van der Waals surface area contributed by atoms with Crippen LogP contribution >= 0.6 is 0 Å². The van der Waals surface area contributed by atoms with Crippen LogP contribution in [-0.2, 0) is 4.74 Å². The highest BCUT2D eigenvalue weighted by Gasteiger charge is 2.26. The number of rotatable bonds is 5. The number of piperidine rings is 1. The Morgan fingerprint density at radius 1 is 1.22 bits per heavy atom. The van der Waals surface area contributed by atoms with Crippen molar-refractivity contribution in [3.8, 4) is 0 Å². The first kappa shape index (κ1) is 16.6. The molecule has 130 valence electrons. The molecule has 3 N–H and O–H groups in total. The van der Waals surface area contributed by atoms with Crippen LogP contribution in [0, 0.1) is 5.92 Å². The van der Waals surface area contributed by atoms with Crippen LogP contribution in [-0.4, -0.2) is 35.6 Å². The van der Waals surface area contributed by atoms with E-state index in [9.17, 15) is 8.78 Å². The van der Waals surface area contributed by atoms with Crippen LogP contribution in [0.3, 0.4) is 0 Å². The number of nitrogens with one attached hydrogen (secondary N) is 1. The predicted molar refractivity (Wildman–Crippen MR) is 84.4 cm³/mol. The maximum Gasteiger partial charge on any atom is 0.284 e. The Balaban J connectivity index is 1.45. The summed E-state index contributed by atoms with van der Waals surface area (Å²) in [6.07, 6.45) is 5.54. The summed E-state index contributed by atoms with van der Waals surface area (Å²) in [5.74, 6) is 0.573. The zero-order chi connectivity index (χ0) is 16.2. The Morgan fingerprint density at radius 3 is 2.52 bits per heavy atom. The van der Waals surface area contributed by atoms with Gasteiger partial charge < -0.3 is 15.8 Å². The first-order chi connectivity index (χ1) is 11.1. The molecule has 0 unspecified atom stereocenters. The molecule has 1 saturated carbocycles. The smallest absolute Gasteiger partial charge is 0.284 e. The van der Waals surface area contributed by atoms with Gasteiger partial charge in [-0.05, 0) is 57.5 Å². The summed E-state index contributed by atoms with van der Waals surface area (Å²) in [6.45, 7) is 2.91. The number of nitrogens with zero attached hydrogens (tertiary/aromatic N) is 2. The molecule has 0 spiro atoms. The predicted octanol–water partition coefficient (Wildman–Crippen LogP) is 2.90. The number of anilines is 1. The standard InChI is InChI=1S/C16H26F2N4O/c17-16(18)15-14(19)9-22(21-15)12-3-1-11(2-4-12)10-23-13-5-7-20-8-6-13/h9,11-13,16,20H,1-8,10,19H2/t11-,12-. The molecule has 0 radical (unpaired) electrons. The van der Waals surface area contributed by atoms with E-state index in [0.717, 1.165) is 58.2 Å². The van der Waals surface area contributed by atoms with Gasteiger partial charge in [0.25, 0.3) is 6.43 Å². The van der Waals surface area contributed by atoms with Gasteiger partial charge in [-0.15, -0.1) is 0 Å². The van der Waals surface area contributed by atoms with Gasteiger partial charge >= 0.3 is 0 Å². The van der Waals surface area contributed by atoms with Crippen molar-refractivity contribution in [1.29, 1.82) is 0 Å². The molecular weight excluding hydrogens is 302 g/mol. The highest BCUT2D eigenvalue weighted by atomic mass is 19.3. The molecule has 1 aliphatic carbocycles. The van der Waals surface area contributed by atoms with E-state index in [0.29, 0.717) is 12.0 Å². The molecule has 23 heavy (non-hydrogen) atoms. The van der Waals surface area contributed by atoms with Crippen molar-refractivity contribution >= 4 is 5.69 Å². The summed E-state index contributed by atoms with van der Waals surface area (Å²) >= 11 is 0. The summed E-state index contributed by atoms with van der Waals surface area (Å²) in [5.41, 5.74) is 5.42. The normalized spacial score (nSPS) is 26.7. The zero-order valence-corrected chi connectivity index (χ0v) is 13.4. The number of ether oxygens (including phenoxy) is 1. The number of nitrogens with two attached hydrogens (primary N) is 1. The highest BCUT2D eigenvalue weighted by molar-refractivity contribution is 5.41. The Labute approximate surface area is 135 Å². The number of hydrogen-bond donors (Lipinski definition) is 2. The van der Waals surface area contributed by atoms with E-state index in [2.05, 4.69) is 10.4 Å². The second-order valence-electron chi connectivity index (χ2n) is 6.71. The minimum Gasteiger partial charge on any atom is -0.396 e. The summed E-state index contributed by atoms with van der Waals surface area (Å²) < 4.78 is 33.2. The Kier molecular flexibility index (Phi) is 5.48. The summed E-state index contributed by atoms with van der Waals surface area (Å²) in [5, 5.41) is 7.32. The Bertz CT molecular complexity index is 494. The molecule has 5 nitrogen and oxygen atoms in total. The number of alkyl halides is 2. The van der Waals surface area contributed by atoms with E-state index < -0.39 is 6.43 Å². The fraction of sp³-hybridized carbons (Fsp3) is 0.812. The first-order valence-electron chi connectivity index (χ1n) is 8.58. The minimum atomic E-state index is -2.61. The number of aromatic nitrogens is 2. The molecule has 7 heteroatoms. The molecule has 0 amide bonds. The van der Waals surface area contributed by atoms with Crippen molar-refractivity contribution in [3.63, 3.8) is 0 Å². The number of hydrogen-bond acceptors (Lipinski definition) is 4. The lowest BCUT2D eigenvalue weighted by Gasteiger charge is -2.30. The number of halogens is 2. The van der Waals surface area contributed by atoms with Crippen LogP contribution in [0.25, 0.3) is 0 Å². The first-order valence-corrected chi connectivity index (χ1v) is 8.58. The molecule has 2 fully saturated rings. The molecule has 2 aliphatic rings. The van der Waals surface area contributed by atoms with Gasteiger partial charge in [0.05, 0.1) is 17.8 Å². The average Bonchev–Trinajstić information content (AvgIpc) is 2.96. The molecule has 0 atom stereocenters. The van der Waals surface area contributed by atoms with Crippen LogP contribution in [0.4, 0.5) is 14.5 Å². The third-order valence-corrected chi connectivity index (χ3v) is 5.04. The van der Waals surface area contributed by atoms with Gasteiger partial charge in [0.15, 0.2) is 5.69 Å². The molecule has 0 aromatic carbocycles. The van der Waals surface area contributed by atoms with Gasteiger partial charge in [-0.1, -0.05) is 0 Å². The van der Waals surface area contributed by atoms with E-state index in [1.165, 1.54) is 0 Å². The SMILES string of the molecule is Nc1cn([C@H]2CC[C@H](COC3CCNCC3)CC2)nc1C(F)F. The van der Waals surface area contributed by atoms with Crippen molar-refractivity contribution in [2.75, 3.05) is 25.4 Å². The molecule has 2 heterocycles. The van der Waals surface area contributed by atoms with Crippen LogP contribution in [0.1, 0.15) is 56.7 Å². The maximum absolute atomic E-state index is 12.8. The van der Waals surface area contributed by atoms with E-state index in [1.54, 1.807) is 10.9 Å². The van der Waals surface area contributed by atoms with Crippen molar-refractivity contribution < 1.29 is 13.5 Å². The molecule has 0 bridgehead atoms. The average molecular weight is 328 g/mol. The van der Waals surface area contributed by atoms with Crippen LogP contribution in [0.5, 0.6) is 0 Å². The van der Waals surface area contributed by atoms with Gasteiger partial charge in [0.1, 0.15) is 0 Å². The third kappa shape index (κ3) is 4.20. The van der Waals surface area contributed by atoms with Crippen LogP contribution < -0.4 is 11.1 Å². The molecule has 1 aromatic heterocycles. The lowest BCUT2D eigenvalue weighted by Crippen LogP contribution is -2.33. The van der Waals surface area contributed by atoms with Gasteiger partial charge in [0.2, 0.25) is 0 Å². The summed E-state index contributed by atoms with van der Waals surface area (Å²) in [4.78, 5) is 0. The molecule has 1 aliphatic heterocycles. The monoisotopic (exact) mass is 328 g/mol. The maximum atomic E-state index is 12.8. The number of nitrogen functional groups attached to an aromatic ring is 1. The lowest BCUT2D eigenvalue weighted by atomic mass is 9.86. The van der Waals surface area contributed by atoms with Crippen molar-refractivity contribution in [2.24, 2.45) is 5.92 Å². The van der Waals surface area contributed by atoms with Crippen molar-refractivity contribution in [2.45, 2.75) is 57.1 Å². The van der Waals surface area contributed by atoms with Crippen LogP contribution in [0.15, 0.2) is 6.20 Å². The quantitative estimate of drug-likeness (QED) is 0.872. The Hall–Kier alpha value is -1.21. The van der Waals surface area contributed by atoms with Crippen molar-refractivity contribution in [1.82, 2.24) is 15.1 Å². The molecule has 3 rings (SSSR count). The largest absolute Gasteiger partial charge is 0.396 e. The summed E-state index contributed by atoms with van der Waals surface area (Å²) in [6, 6.07) is 0.180. The van der Waals surface area contributed by atoms with Gasteiger partial charge in [-0.3, -0.25) is 4.68 Å². The fourth-order valence-electron chi connectivity index (χ4n) is 3.59. The van der Waals surface area contributed by atoms with E-state index in [1.807, 2.05) is 0 Å². The second-order valence-corrected chi connectivity index (χ2v) is 6.71. The topological polar surface area (TPSA) is 65.1 Å². The highest BCUT2D eigenvalue weighted by Crippen LogP contribution is 2.34. The van der Waals surface area contributed by atoms with Crippen molar-refractivity contribution in [3.05, 3.63) is 11.9 Å². The zero-order valence-electron chi connectivity index (χ0n) is 13.4. The fourth-order valence-corrected chi connectivity index (χ4v) is 3.59. The molecule has 1 aromatic rings.